The van der Waals surface area contributed by atoms with Crippen LogP contribution in [0.5, 0.6) is 11.5 Å². The monoisotopic (exact) mass is 480 g/mol. The number of hydrogen-bond acceptors (Lipinski definition) is 5. The van der Waals surface area contributed by atoms with E-state index in [0.29, 0.717) is 17.8 Å². The molecule has 35 heavy (non-hydrogen) atoms. The molecule has 0 saturated carbocycles. The largest absolute Gasteiger partial charge is 0.454 e. The SMILES string of the molecule is NC(=O)c1cc(Oc2cc(F)c(NC(=O)c3cccn(-c4ccc(F)cc4)c3=O)cc2F)ccn1. The predicted octanol–water partition coefficient (Wildman–Crippen LogP) is 3.79. The molecule has 2 aromatic carbocycles. The van der Waals surface area contributed by atoms with Crippen LogP contribution in [-0.2, 0) is 0 Å². The fourth-order valence-corrected chi connectivity index (χ4v) is 3.10. The maximum Gasteiger partial charge on any atom is 0.267 e. The summed E-state index contributed by atoms with van der Waals surface area (Å²) < 4.78 is 48.8. The average Bonchev–Trinajstić information content (AvgIpc) is 2.83. The van der Waals surface area contributed by atoms with Gasteiger partial charge in [0.2, 0.25) is 0 Å². The first kappa shape index (κ1) is 23.2. The molecule has 0 aliphatic carbocycles. The highest BCUT2D eigenvalue weighted by atomic mass is 19.1. The van der Waals surface area contributed by atoms with E-state index in [-0.39, 0.29) is 17.0 Å². The van der Waals surface area contributed by atoms with Crippen molar-refractivity contribution >= 4 is 17.5 Å². The van der Waals surface area contributed by atoms with Crippen molar-refractivity contribution in [2.45, 2.75) is 0 Å². The third kappa shape index (κ3) is 5.03. The summed E-state index contributed by atoms with van der Waals surface area (Å²) in [6, 6.07) is 11.4. The molecule has 176 valence electrons. The van der Waals surface area contributed by atoms with Crippen LogP contribution in [0.4, 0.5) is 18.9 Å². The van der Waals surface area contributed by atoms with Crippen molar-refractivity contribution < 1.29 is 27.5 Å². The number of nitrogens with two attached hydrogens (primary N) is 1. The molecule has 0 radical (unpaired) electrons. The number of pyridine rings is 2. The van der Waals surface area contributed by atoms with Crippen LogP contribution in [0, 0.1) is 17.5 Å². The minimum absolute atomic E-state index is 0.0190. The van der Waals surface area contributed by atoms with Gasteiger partial charge < -0.3 is 15.8 Å². The van der Waals surface area contributed by atoms with E-state index < -0.39 is 46.3 Å². The molecule has 0 spiro atoms. The molecule has 0 fully saturated rings. The van der Waals surface area contributed by atoms with E-state index in [9.17, 15) is 27.6 Å². The number of anilines is 1. The Labute approximate surface area is 195 Å². The van der Waals surface area contributed by atoms with Crippen LogP contribution in [0.2, 0.25) is 0 Å². The van der Waals surface area contributed by atoms with Gasteiger partial charge in [-0.25, -0.2) is 13.2 Å². The lowest BCUT2D eigenvalue weighted by molar-refractivity contribution is 0.0993. The molecule has 0 bridgehead atoms. The molecule has 3 N–H and O–H groups in total. The predicted molar refractivity (Wildman–Crippen MR) is 119 cm³/mol. The number of benzene rings is 2. The Balaban J connectivity index is 1.58. The number of nitrogens with zero attached hydrogens (tertiary/aromatic N) is 2. The molecule has 11 heteroatoms. The lowest BCUT2D eigenvalue weighted by Gasteiger charge is -2.12. The Bertz CT molecular complexity index is 1500. The van der Waals surface area contributed by atoms with Crippen LogP contribution in [0.25, 0.3) is 5.69 Å². The minimum atomic E-state index is -1.05. The highest BCUT2D eigenvalue weighted by Gasteiger charge is 2.18. The molecule has 0 atom stereocenters. The number of nitrogens with one attached hydrogen (secondary N) is 1. The Kier molecular flexibility index (Phi) is 6.32. The summed E-state index contributed by atoms with van der Waals surface area (Å²) in [6.45, 7) is 0. The van der Waals surface area contributed by atoms with Gasteiger partial charge in [-0.3, -0.25) is 23.9 Å². The molecule has 2 aromatic heterocycles. The minimum Gasteiger partial charge on any atom is -0.454 e. The summed E-state index contributed by atoms with van der Waals surface area (Å²) in [7, 11) is 0. The van der Waals surface area contributed by atoms with E-state index in [2.05, 4.69) is 10.3 Å². The van der Waals surface area contributed by atoms with Gasteiger partial charge >= 0.3 is 0 Å². The van der Waals surface area contributed by atoms with Crippen molar-refractivity contribution in [1.29, 1.82) is 0 Å². The summed E-state index contributed by atoms with van der Waals surface area (Å²) in [6.07, 6.45) is 2.58. The fourth-order valence-electron chi connectivity index (χ4n) is 3.10. The molecule has 8 nitrogen and oxygen atoms in total. The number of aromatic nitrogens is 2. The summed E-state index contributed by atoms with van der Waals surface area (Å²) in [5.41, 5.74) is 3.66. The summed E-state index contributed by atoms with van der Waals surface area (Å²) in [4.78, 5) is 40.4. The summed E-state index contributed by atoms with van der Waals surface area (Å²) in [5, 5.41) is 2.16. The molecule has 0 aliphatic rings. The number of hydrogen-bond donors (Lipinski definition) is 2. The summed E-state index contributed by atoms with van der Waals surface area (Å²) >= 11 is 0. The van der Waals surface area contributed by atoms with Crippen LogP contribution in [-0.4, -0.2) is 21.4 Å². The Morgan fingerprint density at radius 2 is 1.71 bits per heavy atom. The molecule has 4 aromatic rings. The zero-order valence-corrected chi connectivity index (χ0v) is 17.7. The van der Waals surface area contributed by atoms with Crippen molar-refractivity contribution in [2.75, 3.05) is 5.32 Å². The molecule has 4 rings (SSSR count). The van der Waals surface area contributed by atoms with E-state index >= 15 is 0 Å². The van der Waals surface area contributed by atoms with Crippen molar-refractivity contribution in [3.8, 4) is 17.2 Å². The Hall–Kier alpha value is -4.93. The van der Waals surface area contributed by atoms with Crippen molar-refractivity contribution in [2.24, 2.45) is 5.73 Å². The van der Waals surface area contributed by atoms with Crippen LogP contribution < -0.4 is 21.3 Å². The van der Waals surface area contributed by atoms with Crippen LogP contribution in [0.3, 0.4) is 0 Å². The average molecular weight is 480 g/mol. The summed E-state index contributed by atoms with van der Waals surface area (Å²) in [5.74, 6) is -4.95. The molecule has 2 heterocycles. The fraction of sp³-hybridized carbons (Fsp3) is 0. The maximum absolute atomic E-state index is 14.6. The van der Waals surface area contributed by atoms with Gasteiger partial charge in [0.05, 0.1) is 5.69 Å². The first-order chi connectivity index (χ1) is 16.7. The van der Waals surface area contributed by atoms with Gasteiger partial charge in [-0.1, -0.05) is 0 Å². The van der Waals surface area contributed by atoms with E-state index in [4.69, 9.17) is 10.5 Å². The lowest BCUT2D eigenvalue weighted by atomic mass is 10.2. The lowest BCUT2D eigenvalue weighted by Crippen LogP contribution is -2.28. The number of halogens is 3. The van der Waals surface area contributed by atoms with E-state index in [1.54, 1.807) is 0 Å². The number of carbonyl (C=O) groups excluding carboxylic acids is 2. The topological polar surface area (TPSA) is 116 Å². The number of primary amides is 1. The first-order valence-electron chi connectivity index (χ1n) is 9.94. The Morgan fingerprint density at radius 3 is 2.43 bits per heavy atom. The molecular formula is C24H15F3N4O4. The van der Waals surface area contributed by atoms with E-state index in [0.717, 1.165) is 22.8 Å². The van der Waals surface area contributed by atoms with Crippen molar-refractivity contribution in [3.05, 3.63) is 112 Å². The molecule has 0 saturated heterocycles. The molecular weight excluding hydrogens is 465 g/mol. The smallest absolute Gasteiger partial charge is 0.267 e. The second kappa shape index (κ2) is 9.51. The highest BCUT2D eigenvalue weighted by molar-refractivity contribution is 6.04. The molecule has 0 unspecified atom stereocenters. The Morgan fingerprint density at radius 1 is 0.971 bits per heavy atom. The zero-order valence-electron chi connectivity index (χ0n) is 17.7. The third-order valence-electron chi connectivity index (χ3n) is 4.78. The molecule has 2 amide bonds. The van der Waals surface area contributed by atoms with Crippen molar-refractivity contribution in [3.63, 3.8) is 0 Å². The highest BCUT2D eigenvalue weighted by Crippen LogP contribution is 2.29. The van der Waals surface area contributed by atoms with Crippen molar-refractivity contribution in [1.82, 2.24) is 9.55 Å². The van der Waals surface area contributed by atoms with Gasteiger partial charge in [0, 0.05) is 36.3 Å². The number of rotatable bonds is 6. The number of carbonyl (C=O) groups is 2. The second-order valence-corrected chi connectivity index (χ2v) is 7.13. The quantitative estimate of drug-likeness (QED) is 0.436. The number of amides is 2. The van der Waals surface area contributed by atoms with Crippen LogP contribution in [0.15, 0.2) is 77.9 Å². The van der Waals surface area contributed by atoms with Gasteiger partial charge in [-0.15, -0.1) is 0 Å². The van der Waals surface area contributed by atoms with Gasteiger partial charge in [-0.05, 0) is 42.5 Å². The van der Waals surface area contributed by atoms with E-state index in [1.165, 1.54) is 42.7 Å². The second-order valence-electron chi connectivity index (χ2n) is 7.13. The molecule has 0 aliphatic heterocycles. The van der Waals surface area contributed by atoms with Gasteiger partial charge in [0.1, 0.15) is 22.8 Å². The maximum atomic E-state index is 14.6. The third-order valence-corrected chi connectivity index (χ3v) is 4.78. The van der Waals surface area contributed by atoms with Gasteiger partial charge in [0.25, 0.3) is 17.4 Å². The van der Waals surface area contributed by atoms with Crippen LogP contribution in [0.1, 0.15) is 20.8 Å². The van der Waals surface area contributed by atoms with Gasteiger partial charge in [-0.2, -0.15) is 0 Å². The van der Waals surface area contributed by atoms with E-state index in [1.807, 2.05) is 0 Å². The zero-order chi connectivity index (χ0) is 25.1. The number of ether oxygens (including phenoxy) is 1. The standard InChI is InChI=1S/C24H15F3N4O4/c25-13-3-5-14(6-4-13)31-9-1-2-16(24(31)34)23(33)30-19-11-18(27)21(12-17(19)26)35-15-7-8-29-20(10-15)22(28)32/h1-12H,(H2,28,32)(H,30,33). The normalized spacial score (nSPS) is 10.6. The first-order valence-corrected chi connectivity index (χ1v) is 9.94. The van der Waals surface area contributed by atoms with Crippen LogP contribution >= 0.6 is 0 Å². The van der Waals surface area contributed by atoms with Gasteiger partial charge in [0.15, 0.2) is 17.4 Å².